The highest BCUT2D eigenvalue weighted by Crippen LogP contribution is 2.25. The summed E-state index contributed by atoms with van der Waals surface area (Å²) in [6.45, 7) is 3.93. The molecule has 5 nitrogen and oxygen atoms in total. The highest BCUT2D eigenvalue weighted by molar-refractivity contribution is 5.98. The Kier molecular flexibility index (Phi) is 2.62. The van der Waals surface area contributed by atoms with Crippen LogP contribution >= 0.6 is 0 Å². The van der Waals surface area contributed by atoms with Gasteiger partial charge in [-0.25, -0.2) is 9.67 Å². The minimum Gasteiger partial charge on any atom is -0.384 e. The van der Waals surface area contributed by atoms with E-state index in [9.17, 15) is 0 Å². The number of aryl methyl sites for hydroxylation is 4. The molecular formula is C14H17N5. The summed E-state index contributed by atoms with van der Waals surface area (Å²) in [7, 11) is 0. The van der Waals surface area contributed by atoms with E-state index >= 15 is 0 Å². The molecule has 0 aromatic carbocycles. The molecule has 2 heterocycles. The van der Waals surface area contributed by atoms with Crippen LogP contribution in [0.3, 0.4) is 0 Å². The van der Waals surface area contributed by atoms with E-state index in [0.717, 1.165) is 36.3 Å². The molecule has 0 spiro atoms. The number of nitrogen functional groups attached to an aromatic ring is 1. The molecule has 1 aliphatic carbocycles. The molecule has 98 valence electrons. The molecule has 0 fully saturated rings. The molecule has 1 aliphatic rings. The smallest absolute Gasteiger partial charge is 0.164 e. The van der Waals surface area contributed by atoms with E-state index in [1.54, 1.807) is 4.68 Å². The molecule has 0 atom stereocenters. The Balaban J connectivity index is 2.25. The average molecular weight is 255 g/mol. The van der Waals surface area contributed by atoms with Crippen molar-refractivity contribution in [2.24, 2.45) is 5.73 Å². The largest absolute Gasteiger partial charge is 0.384 e. The van der Waals surface area contributed by atoms with Gasteiger partial charge in [-0.15, -0.1) is 0 Å². The minimum absolute atomic E-state index is 0.0461. The number of hydrogen-bond acceptors (Lipinski definition) is 3. The van der Waals surface area contributed by atoms with Gasteiger partial charge in [-0.2, -0.15) is 5.10 Å². The average Bonchev–Trinajstić information content (AvgIpc) is 2.92. The number of rotatable bonds is 2. The highest BCUT2D eigenvalue weighted by Gasteiger charge is 2.20. The summed E-state index contributed by atoms with van der Waals surface area (Å²) in [5, 5.41) is 12.2. The fourth-order valence-electron chi connectivity index (χ4n) is 2.66. The summed E-state index contributed by atoms with van der Waals surface area (Å²) in [6.07, 6.45) is 3.15. The first-order valence-electron chi connectivity index (χ1n) is 6.47. The van der Waals surface area contributed by atoms with E-state index in [1.165, 1.54) is 5.56 Å². The zero-order valence-corrected chi connectivity index (χ0v) is 11.2. The molecule has 0 saturated heterocycles. The monoisotopic (exact) mass is 255 g/mol. The van der Waals surface area contributed by atoms with E-state index in [4.69, 9.17) is 16.1 Å². The van der Waals surface area contributed by atoms with Crippen molar-refractivity contribution in [1.29, 1.82) is 5.41 Å². The Hall–Kier alpha value is -2.17. The summed E-state index contributed by atoms with van der Waals surface area (Å²) in [6, 6.07) is 4.00. The quantitative estimate of drug-likeness (QED) is 0.632. The van der Waals surface area contributed by atoms with Crippen LogP contribution in [-0.2, 0) is 12.8 Å². The van der Waals surface area contributed by atoms with Crippen LogP contribution in [0.15, 0.2) is 12.1 Å². The second-order valence-electron chi connectivity index (χ2n) is 5.07. The van der Waals surface area contributed by atoms with Gasteiger partial charge in [0, 0.05) is 11.4 Å². The molecule has 0 aliphatic heterocycles. The van der Waals surface area contributed by atoms with Crippen LogP contribution in [-0.4, -0.2) is 20.6 Å². The van der Waals surface area contributed by atoms with Crippen molar-refractivity contribution in [1.82, 2.24) is 14.8 Å². The number of amidine groups is 1. The molecule has 0 unspecified atom stereocenters. The van der Waals surface area contributed by atoms with E-state index < -0.39 is 0 Å². The van der Waals surface area contributed by atoms with Gasteiger partial charge in [0.15, 0.2) is 5.82 Å². The maximum atomic E-state index is 7.76. The van der Waals surface area contributed by atoms with E-state index in [1.807, 2.05) is 26.0 Å². The third-order valence-corrected chi connectivity index (χ3v) is 3.53. The molecule has 0 saturated carbocycles. The molecule has 19 heavy (non-hydrogen) atoms. The molecule has 3 rings (SSSR count). The normalized spacial score (nSPS) is 13.6. The SMILES string of the molecule is Cc1cc(C)n(-c2nc3c(cc2C(=N)N)CCC3)n1. The lowest BCUT2D eigenvalue weighted by Crippen LogP contribution is -2.18. The fraction of sp³-hybridized carbons (Fsp3) is 0.357. The Morgan fingerprint density at radius 3 is 2.74 bits per heavy atom. The molecule has 0 amide bonds. The van der Waals surface area contributed by atoms with Gasteiger partial charge in [0.1, 0.15) is 5.84 Å². The van der Waals surface area contributed by atoms with E-state index in [2.05, 4.69) is 5.10 Å². The van der Waals surface area contributed by atoms with Crippen molar-refractivity contribution >= 4 is 5.84 Å². The number of hydrogen-bond donors (Lipinski definition) is 2. The second-order valence-corrected chi connectivity index (χ2v) is 5.07. The van der Waals surface area contributed by atoms with Crippen LogP contribution in [0, 0.1) is 19.3 Å². The van der Waals surface area contributed by atoms with Gasteiger partial charge < -0.3 is 5.73 Å². The van der Waals surface area contributed by atoms with Crippen LogP contribution < -0.4 is 5.73 Å². The molecule has 2 aromatic rings. The number of nitrogens with two attached hydrogens (primary N) is 1. The predicted octanol–water partition coefficient (Wildman–Crippen LogP) is 1.66. The van der Waals surface area contributed by atoms with Crippen LogP contribution in [0.4, 0.5) is 0 Å². The number of pyridine rings is 1. The maximum absolute atomic E-state index is 7.76. The van der Waals surface area contributed by atoms with Gasteiger partial charge >= 0.3 is 0 Å². The van der Waals surface area contributed by atoms with Gasteiger partial charge in [-0.3, -0.25) is 5.41 Å². The Bertz CT molecular complexity index is 669. The Morgan fingerprint density at radius 1 is 1.32 bits per heavy atom. The highest BCUT2D eigenvalue weighted by atomic mass is 15.3. The van der Waals surface area contributed by atoms with Crippen molar-refractivity contribution in [3.63, 3.8) is 0 Å². The lowest BCUT2D eigenvalue weighted by atomic mass is 10.1. The molecule has 0 bridgehead atoms. The van der Waals surface area contributed by atoms with E-state index in [0.29, 0.717) is 11.4 Å². The molecule has 5 heteroatoms. The van der Waals surface area contributed by atoms with Gasteiger partial charge in [0.2, 0.25) is 0 Å². The number of aromatic nitrogens is 3. The predicted molar refractivity (Wildman–Crippen MR) is 73.9 cm³/mol. The zero-order valence-electron chi connectivity index (χ0n) is 11.2. The molecule has 2 aromatic heterocycles. The van der Waals surface area contributed by atoms with Crippen LogP contribution in [0.25, 0.3) is 5.82 Å². The van der Waals surface area contributed by atoms with Crippen LogP contribution in [0.1, 0.15) is 34.6 Å². The summed E-state index contributed by atoms with van der Waals surface area (Å²) in [5.41, 5.74) is 10.7. The molecular weight excluding hydrogens is 238 g/mol. The minimum atomic E-state index is 0.0461. The summed E-state index contributed by atoms with van der Waals surface area (Å²) < 4.78 is 1.78. The molecule has 0 radical (unpaired) electrons. The molecule has 3 N–H and O–H groups in total. The summed E-state index contributed by atoms with van der Waals surface area (Å²) in [5.74, 6) is 0.725. The number of nitrogens with zero attached hydrogens (tertiary/aromatic N) is 3. The van der Waals surface area contributed by atoms with Crippen molar-refractivity contribution in [2.75, 3.05) is 0 Å². The second kappa shape index (κ2) is 4.19. The van der Waals surface area contributed by atoms with Gasteiger partial charge in [-0.05, 0) is 50.8 Å². The maximum Gasteiger partial charge on any atom is 0.164 e. The van der Waals surface area contributed by atoms with Gasteiger partial charge in [0.05, 0.1) is 11.3 Å². The summed E-state index contributed by atoms with van der Waals surface area (Å²) >= 11 is 0. The van der Waals surface area contributed by atoms with Crippen molar-refractivity contribution in [3.05, 3.63) is 40.3 Å². The van der Waals surface area contributed by atoms with Crippen LogP contribution in [0.2, 0.25) is 0 Å². The number of fused-ring (bicyclic) bond motifs is 1. The topological polar surface area (TPSA) is 80.6 Å². The van der Waals surface area contributed by atoms with Crippen molar-refractivity contribution in [3.8, 4) is 5.82 Å². The van der Waals surface area contributed by atoms with Gasteiger partial charge in [-0.1, -0.05) is 0 Å². The fourth-order valence-corrected chi connectivity index (χ4v) is 2.66. The van der Waals surface area contributed by atoms with E-state index in [-0.39, 0.29) is 5.84 Å². The third-order valence-electron chi connectivity index (χ3n) is 3.53. The lowest BCUT2D eigenvalue weighted by Gasteiger charge is -2.11. The standard InChI is InChI=1S/C14H17N5/c1-8-6-9(2)19(18-8)14-11(13(15)16)7-10-4-3-5-12(10)17-14/h6-7H,3-5H2,1-2H3,(H3,15,16). The first-order valence-corrected chi connectivity index (χ1v) is 6.47. The van der Waals surface area contributed by atoms with Crippen molar-refractivity contribution < 1.29 is 0 Å². The number of nitrogens with one attached hydrogen (secondary N) is 1. The zero-order chi connectivity index (χ0) is 13.6. The first-order chi connectivity index (χ1) is 9.06. The van der Waals surface area contributed by atoms with Gasteiger partial charge in [0.25, 0.3) is 0 Å². The third kappa shape index (κ3) is 1.91. The Labute approximate surface area is 112 Å². The van der Waals surface area contributed by atoms with Crippen LogP contribution in [0.5, 0.6) is 0 Å². The summed E-state index contributed by atoms with van der Waals surface area (Å²) in [4.78, 5) is 4.70. The van der Waals surface area contributed by atoms with Crippen molar-refractivity contribution in [2.45, 2.75) is 33.1 Å². The Morgan fingerprint density at radius 2 is 2.11 bits per heavy atom. The first kappa shape index (κ1) is 11.9. The lowest BCUT2D eigenvalue weighted by molar-refractivity contribution is 0.794.